The summed E-state index contributed by atoms with van der Waals surface area (Å²) in [4.78, 5) is 11.4. The number of alkyl halides is 3. The third kappa shape index (κ3) is 5.67. The lowest BCUT2D eigenvalue weighted by molar-refractivity contribution is -0.192. The Kier molecular flexibility index (Phi) is 7.00. The van der Waals surface area contributed by atoms with Crippen LogP contribution in [0, 0.1) is 11.7 Å². The van der Waals surface area contributed by atoms with E-state index in [0.717, 1.165) is 44.2 Å². The molecule has 2 saturated heterocycles. The van der Waals surface area contributed by atoms with E-state index in [-0.39, 0.29) is 5.82 Å². The highest BCUT2D eigenvalue weighted by molar-refractivity contribution is 5.73. The van der Waals surface area contributed by atoms with Crippen LogP contribution in [0.2, 0.25) is 0 Å². The maximum absolute atomic E-state index is 13.5. The monoisotopic (exact) mass is 377 g/mol. The molecule has 0 amide bonds. The number of aryl methyl sites for hydroxylation is 1. The van der Waals surface area contributed by atoms with Crippen molar-refractivity contribution < 1.29 is 32.2 Å². The van der Waals surface area contributed by atoms with Gasteiger partial charge in [-0.05, 0) is 48.9 Å². The molecule has 146 valence electrons. The van der Waals surface area contributed by atoms with Crippen molar-refractivity contribution in [3.63, 3.8) is 0 Å². The molecule has 8 heteroatoms. The number of carboxylic acids is 1. The standard InChI is InChI=1S/C16H22FNO.C2HF3O2/c1-2-14-7-12(3-4-16(14)17)9-18-6-5-13-8-15(18)11-19-10-13;3-2(4,5)1(6)7/h3-4,7,13,15H,2,5-6,8-11H2,1H3;(H,6,7). The van der Waals surface area contributed by atoms with E-state index in [1.165, 1.54) is 18.4 Å². The Morgan fingerprint density at radius 3 is 2.65 bits per heavy atom. The van der Waals surface area contributed by atoms with E-state index < -0.39 is 12.1 Å². The summed E-state index contributed by atoms with van der Waals surface area (Å²) in [6, 6.07) is 6.11. The van der Waals surface area contributed by atoms with Gasteiger partial charge in [-0.2, -0.15) is 13.2 Å². The van der Waals surface area contributed by atoms with Crippen LogP contribution in [0.15, 0.2) is 18.2 Å². The number of likely N-dealkylation sites (tertiary alicyclic amines) is 1. The van der Waals surface area contributed by atoms with Gasteiger partial charge in [0.2, 0.25) is 0 Å². The quantitative estimate of drug-likeness (QED) is 0.818. The molecule has 2 heterocycles. The summed E-state index contributed by atoms with van der Waals surface area (Å²) in [6.07, 6.45) is -1.82. The first kappa shape index (κ1) is 20.6. The lowest BCUT2D eigenvalue weighted by Gasteiger charge is -2.42. The number of carboxylic acid groups (broad SMARTS) is 1. The SMILES string of the molecule is CCc1cc(CN2CCC3COCC2C3)ccc1F.O=C(O)C(F)(F)F. The zero-order valence-electron chi connectivity index (χ0n) is 14.6. The second-order valence-corrected chi connectivity index (χ2v) is 6.63. The molecule has 0 saturated carbocycles. The maximum Gasteiger partial charge on any atom is 0.490 e. The molecule has 1 aromatic rings. The fraction of sp³-hybridized carbons (Fsp3) is 0.611. The van der Waals surface area contributed by atoms with Crippen LogP contribution in [-0.4, -0.2) is 48.0 Å². The Morgan fingerprint density at radius 1 is 1.35 bits per heavy atom. The Bertz CT molecular complexity index is 621. The molecule has 1 aromatic carbocycles. The largest absolute Gasteiger partial charge is 0.490 e. The predicted molar refractivity (Wildman–Crippen MR) is 87.2 cm³/mol. The Labute approximate surface area is 149 Å². The molecule has 2 aliphatic rings. The number of nitrogens with zero attached hydrogens (tertiary/aromatic N) is 1. The minimum absolute atomic E-state index is 0.0778. The molecule has 0 aliphatic carbocycles. The topological polar surface area (TPSA) is 49.8 Å². The van der Waals surface area contributed by atoms with Crippen molar-refractivity contribution in [2.45, 2.75) is 44.9 Å². The Hall–Kier alpha value is -1.67. The van der Waals surface area contributed by atoms with Gasteiger partial charge in [-0.25, -0.2) is 9.18 Å². The fourth-order valence-electron chi connectivity index (χ4n) is 3.32. The zero-order valence-corrected chi connectivity index (χ0v) is 14.6. The van der Waals surface area contributed by atoms with E-state index in [4.69, 9.17) is 14.6 Å². The van der Waals surface area contributed by atoms with Gasteiger partial charge in [-0.15, -0.1) is 0 Å². The molecule has 2 unspecified atom stereocenters. The third-order valence-electron chi connectivity index (χ3n) is 4.73. The minimum atomic E-state index is -5.08. The summed E-state index contributed by atoms with van der Waals surface area (Å²) >= 11 is 0. The number of rotatable bonds is 3. The predicted octanol–water partition coefficient (Wildman–Crippen LogP) is 3.63. The highest BCUT2D eigenvalue weighted by Gasteiger charge is 2.38. The summed E-state index contributed by atoms with van der Waals surface area (Å²) in [7, 11) is 0. The smallest absolute Gasteiger partial charge is 0.475 e. The van der Waals surface area contributed by atoms with Gasteiger partial charge in [0.1, 0.15) is 5.82 Å². The van der Waals surface area contributed by atoms with E-state index in [0.29, 0.717) is 6.04 Å². The van der Waals surface area contributed by atoms with Gasteiger partial charge >= 0.3 is 12.1 Å². The number of carbonyl (C=O) groups is 1. The Balaban J connectivity index is 0.000000298. The molecule has 4 nitrogen and oxygen atoms in total. The Morgan fingerprint density at radius 2 is 2.04 bits per heavy atom. The normalized spacial score (nSPS) is 23.1. The number of benzene rings is 1. The van der Waals surface area contributed by atoms with Crippen LogP contribution in [0.25, 0.3) is 0 Å². The fourth-order valence-corrected chi connectivity index (χ4v) is 3.32. The van der Waals surface area contributed by atoms with E-state index in [1.807, 2.05) is 19.1 Å². The number of hydrogen-bond donors (Lipinski definition) is 1. The summed E-state index contributed by atoms with van der Waals surface area (Å²) in [5, 5.41) is 7.12. The highest BCUT2D eigenvalue weighted by atomic mass is 19.4. The van der Waals surface area contributed by atoms with Gasteiger partial charge in [0, 0.05) is 19.2 Å². The first-order valence-corrected chi connectivity index (χ1v) is 8.60. The van der Waals surface area contributed by atoms with Crippen molar-refractivity contribution >= 4 is 5.97 Å². The molecule has 0 aromatic heterocycles. The van der Waals surface area contributed by atoms with Gasteiger partial charge in [0.25, 0.3) is 0 Å². The molecule has 2 aliphatic heterocycles. The number of piperidine rings is 1. The lowest BCUT2D eigenvalue weighted by atomic mass is 9.89. The van der Waals surface area contributed by atoms with Crippen LogP contribution in [0.5, 0.6) is 0 Å². The molecule has 0 radical (unpaired) electrons. The summed E-state index contributed by atoms with van der Waals surface area (Å²) in [5.41, 5.74) is 2.05. The van der Waals surface area contributed by atoms with Crippen LogP contribution < -0.4 is 0 Å². The van der Waals surface area contributed by atoms with Crippen molar-refractivity contribution in [3.8, 4) is 0 Å². The van der Waals surface area contributed by atoms with E-state index in [2.05, 4.69) is 4.90 Å². The number of fused-ring (bicyclic) bond motifs is 2. The molecule has 0 spiro atoms. The molecule has 1 N–H and O–H groups in total. The molecule has 3 rings (SSSR count). The van der Waals surface area contributed by atoms with E-state index in [9.17, 15) is 17.6 Å². The molecule has 2 bridgehead atoms. The molecule has 2 atom stereocenters. The first-order valence-electron chi connectivity index (χ1n) is 8.60. The summed E-state index contributed by atoms with van der Waals surface area (Å²) in [6.45, 7) is 5.88. The van der Waals surface area contributed by atoms with E-state index >= 15 is 0 Å². The molecule has 26 heavy (non-hydrogen) atoms. The molecular formula is C18H23F4NO3. The highest BCUT2D eigenvalue weighted by Crippen LogP contribution is 2.29. The van der Waals surface area contributed by atoms with Crippen molar-refractivity contribution in [2.75, 3.05) is 19.8 Å². The summed E-state index contributed by atoms with van der Waals surface area (Å²) < 4.78 is 50.9. The van der Waals surface area contributed by atoms with Gasteiger partial charge in [0.15, 0.2) is 0 Å². The number of aliphatic carboxylic acids is 1. The number of hydrogen-bond acceptors (Lipinski definition) is 3. The molecular weight excluding hydrogens is 354 g/mol. The van der Waals surface area contributed by atoms with E-state index in [1.54, 1.807) is 6.07 Å². The van der Waals surface area contributed by atoms with Gasteiger partial charge in [-0.1, -0.05) is 19.1 Å². The maximum atomic E-state index is 13.5. The van der Waals surface area contributed by atoms with Gasteiger partial charge in [0.05, 0.1) is 6.61 Å². The van der Waals surface area contributed by atoms with Crippen LogP contribution in [0.1, 0.15) is 30.9 Å². The van der Waals surface area contributed by atoms with Crippen LogP contribution in [0.4, 0.5) is 17.6 Å². The second-order valence-electron chi connectivity index (χ2n) is 6.63. The van der Waals surface area contributed by atoms with Crippen LogP contribution in [-0.2, 0) is 22.5 Å². The van der Waals surface area contributed by atoms with Crippen molar-refractivity contribution in [1.82, 2.24) is 4.90 Å². The van der Waals surface area contributed by atoms with Crippen molar-refractivity contribution in [2.24, 2.45) is 5.92 Å². The van der Waals surface area contributed by atoms with Crippen molar-refractivity contribution in [1.29, 1.82) is 0 Å². The van der Waals surface area contributed by atoms with Crippen molar-refractivity contribution in [3.05, 3.63) is 35.1 Å². The average molecular weight is 377 g/mol. The second kappa shape index (κ2) is 8.81. The first-order chi connectivity index (χ1) is 12.2. The lowest BCUT2D eigenvalue weighted by Crippen LogP contribution is -2.48. The average Bonchev–Trinajstić information content (AvgIpc) is 2.59. The zero-order chi connectivity index (χ0) is 19.3. The third-order valence-corrected chi connectivity index (χ3v) is 4.73. The molecule has 2 fully saturated rings. The number of ether oxygens (including phenoxy) is 1. The van der Waals surface area contributed by atoms with Crippen LogP contribution >= 0.6 is 0 Å². The minimum Gasteiger partial charge on any atom is -0.475 e. The van der Waals surface area contributed by atoms with Gasteiger partial charge < -0.3 is 9.84 Å². The van der Waals surface area contributed by atoms with Crippen LogP contribution in [0.3, 0.4) is 0 Å². The van der Waals surface area contributed by atoms with Gasteiger partial charge in [-0.3, -0.25) is 4.90 Å². The summed E-state index contributed by atoms with van der Waals surface area (Å²) in [5.74, 6) is -2.08. The number of halogens is 4.